The molecule has 4 rings (SSSR count). The van der Waals surface area contributed by atoms with Crippen molar-refractivity contribution in [1.82, 2.24) is 24.6 Å². The van der Waals surface area contributed by atoms with Gasteiger partial charge in [-0.05, 0) is 25.3 Å². The Morgan fingerprint density at radius 1 is 1.37 bits per heavy atom. The molecule has 0 aromatic carbocycles. The quantitative estimate of drug-likeness (QED) is 0.626. The fraction of sp³-hybridized carbons (Fsp3) is 0.500. The molecule has 1 aliphatic rings. The molecule has 1 fully saturated rings. The average molecular weight is 421 g/mol. The summed E-state index contributed by atoms with van der Waals surface area (Å²) in [4.78, 5) is 22.5. The highest BCUT2D eigenvalue weighted by Gasteiger charge is 2.38. The number of hydrogen-bond donors (Lipinski definition) is 0. The molecule has 7 nitrogen and oxygen atoms in total. The molecule has 0 radical (unpaired) electrons. The van der Waals surface area contributed by atoms with Gasteiger partial charge in [-0.25, -0.2) is 9.97 Å². The lowest BCUT2D eigenvalue weighted by atomic mass is 9.91. The highest BCUT2D eigenvalue weighted by atomic mass is 19.4. The predicted molar refractivity (Wildman–Crippen MR) is 102 cm³/mol. The second kappa shape index (κ2) is 8.08. The Morgan fingerprint density at radius 3 is 2.90 bits per heavy atom. The van der Waals surface area contributed by atoms with Gasteiger partial charge in [0.2, 0.25) is 5.91 Å². The summed E-state index contributed by atoms with van der Waals surface area (Å²) in [6.45, 7) is 3.14. The Hall–Kier alpha value is -2.91. The molecule has 160 valence electrons. The third-order valence-electron chi connectivity index (χ3n) is 5.50. The first-order chi connectivity index (χ1) is 14.4. The van der Waals surface area contributed by atoms with Gasteiger partial charge in [0, 0.05) is 50.1 Å². The number of fused-ring (bicyclic) bond motifs is 1. The van der Waals surface area contributed by atoms with Crippen LogP contribution >= 0.6 is 0 Å². The molecule has 0 aliphatic carbocycles. The summed E-state index contributed by atoms with van der Waals surface area (Å²) in [5.74, 6) is -0.365. The first-order valence-corrected chi connectivity index (χ1v) is 9.96. The predicted octanol–water partition coefficient (Wildman–Crippen LogP) is 3.80. The fourth-order valence-corrected chi connectivity index (χ4v) is 3.94. The van der Waals surface area contributed by atoms with Crippen LogP contribution in [0.15, 0.2) is 29.3 Å². The number of aryl methyl sites for hydroxylation is 2. The van der Waals surface area contributed by atoms with Gasteiger partial charge in [-0.2, -0.15) is 13.2 Å². The number of alkyl halides is 3. The number of halogens is 3. The van der Waals surface area contributed by atoms with Crippen LogP contribution in [0.4, 0.5) is 13.2 Å². The van der Waals surface area contributed by atoms with Gasteiger partial charge in [0.15, 0.2) is 0 Å². The van der Waals surface area contributed by atoms with Crippen molar-refractivity contribution in [3.63, 3.8) is 0 Å². The van der Waals surface area contributed by atoms with Gasteiger partial charge < -0.3 is 14.0 Å². The number of aromatic nitrogens is 4. The van der Waals surface area contributed by atoms with Crippen molar-refractivity contribution in [2.45, 2.75) is 51.2 Å². The van der Waals surface area contributed by atoms with Crippen molar-refractivity contribution in [1.29, 1.82) is 0 Å². The van der Waals surface area contributed by atoms with Gasteiger partial charge in [-0.1, -0.05) is 12.1 Å². The average Bonchev–Trinajstić information content (AvgIpc) is 3.40. The molecular weight excluding hydrogens is 399 g/mol. The zero-order valence-corrected chi connectivity index (χ0v) is 16.5. The first kappa shape index (κ1) is 20.4. The Bertz CT molecular complexity index is 1030. The summed E-state index contributed by atoms with van der Waals surface area (Å²) >= 11 is 0. The number of nitrogens with zero attached hydrogens (tertiary/aromatic N) is 5. The molecule has 1 atom stereocenters. The number of carbonyl (C=O) groups is 1. The smallest absolute Gasteiger partial charge is 0.342 e. The van der Waals surface area contributed by atoms with Crippen LogP contribution < -0.4 is 0 Å². The maximum absolute atomic E-state index is 13.7. The van der Waals surface area contributed by atoms with E-state index < -0.39 is 11.7 Å². The highest BCUT2D eigenvalue weighted by molar-refractivity contribution is 5.82. The molecule has 0 spiro atoms. The summed E-state index contributed by atoms with van der Waals surface area (Å²) in [6, 6.07) is 1.07. The highest BCUT2D eigenvalue weighted by Crippen LogP contribution is 2.40. The van der Waals surface area contributed by atoms with Gasteiger partial charge in [-0.3, -0.25) is 4.79 Å². The van der Waals surface area contributed by atoms with Crippen LogP contribution in [-0.4, -0.2) is 43.6 Å². The van der Waals surface area contributed by atoms with Crippen molar-refractivity contribution in [2.24, 2.45) is 0 Å². The van der Waals surface area contributed by atoms with E-state index in [-0.39, 0.29) is 28.6 Å². The number of piperidine rings is 1. The Balaban J connectivity index is 1.58. The second-order valence-electron chi connectivity index (χ2n) is 7.49. The minimum Gasteiger partial charge on any atom is -0.342 e. The molecule has 0 saturated carbocycles. The third-order valence-corrected chi connectivity index (χ3v) is 5.50. The summed E-state index contributed by atoms with van der Waals surface area (Å²) in [6.07, 6.45) is 2.52. The van der Waals surface area contributed by atoms with Gasteiger partial charge in [-0.15, -0.1) is 0 Å². The largest absolute Gasteiger partial charge is 0.417 e. The molecule has 1 saturated heterocycles. The van der Waals surface area contributed by atoms with Crippen molar-refractivity contribution >= 4 is 17.0 Å². The molecular formula is C20H22F3N5O2. The molecule has 3 aromatic heterocycles. The van der Waals surface area contributed by atoms with Crippen molar-refractivity contribution in [3.05, 3.63) is 41.7 Å². The van der Waals surface area contributed by atoms with E-state index in [1.54, 1.807) is 30.5 Å². The number of likely N-dealkylation sites (tertiary alicyclic amines) is 1. The summed E-state index contributed by atoms with van der Waals surface area (Å²) in [7, 11) is 0. The molecule has 3 aromatic rings. The molecule has 30 heavy (non-hydrogen) atoms. The van der Waals surface area contributed by atoms with E-state index in [0.29, 0.717) is 51.0 Å². The first-order valence-electron chi connectivity index (χ1n) is 9.96. The molecule has 10 heteroatoms. The maximum Gasteiger partial charge on any atom is 0.417 e. The number of hydrogen-bond acceptors (Lipinski definition) is 5. The standard InChI is InChI=1S/C20H22F3N5O2/c1-2-14-10-15(20(21,22)23)17-18(26-30-19(17)25-14)13-4-3-7-28(11-13)16(29)5-8-27-9-6-24-12-27/h6,9-10,12-13H,2-5,7-8,11H2,1H3/t13-/m0/s1. The van der Waals surface area contributed by atoms with Gasteiger partial charge >= 0.3 is 6.18 Å². The van der Waals surface area contributed by atoms with E-state index in [1.165, 1.54) is 0 Å². The number of pyridine rings is 1. The van der Waals surface area contributed by atoms with Crippen molar-refractivity contribution in [3.8, 4) is 0 Å². The van der Waals surface area contributed by atoms with E-state index in [0.717, 1.165) is 6.07 Å². The Labute approximate surface area is 170 Å². The Morgan fingerprint density at radius 2 is 2.20 bits per heavy atom. The van der Waals surface area contributed by atoms with Crippen LogP contribution in [0.2, 0.25) is 0 Å². The van der Waals surface area contributed by atoms with Crippen molar-refractivity contribution < 1.29 is 22.5 Å². The van der Waals surface area contributed by atoms with Crippen LogP contribution in [0.25, 0.3) is 11.1 Å². The lowest BCUT2D eigenvalue weighted by Crippen LogP contribution is -2.39. The van der Waals surface area contributed by atoms with Gasteiger partial charge in [0.05, 0.1) is 23.0 Å². The maximum atomic E-state index is 13.7. The van der Waals surface area contributed by atoms with Crippen LogP contribution in [0.3, 0.4) is 0 Å². The second-order valence-corrected chi connectivity index (χ2v) is 7.49. The third kappa shape index (κ3) is 4.03. The van der Waals surface area contributed by atoms with Crippen molar-refractivity contribution in [2.75, 3.05) is 13.1 Å². The molecule has 0 N–H and O–H groups in total. The number of amides is 1. The van der Waals surface area contributed by atoms with E-state index in [2.05, 4.69) is 15.1 Å². The number of rotatable bonds is 5. The zero-order valence-electron chi connectivity index (χ0n) is 16.5. The topological polar surface area (TPSA) is 77.0 Å². The zero-order chi connectivity index (χ0) is 21.3. The van der Waals surface area contributed by atoms with Gasteiger partial charge in [0.1, 0.15) is 0 Å². The lowest BCUT2D eigenvalue weighted by molar-refractivity contribution is -0.136. The monoisotopic (exact) mass is 421 g/mol. The molecule has 0 unspecified atom stereocenters. The van der Waals surface area contributed by atoms with Crippen LogP contribution in [-0.2, 0) is 23.9 Å². The minimum atomic E-state index is -4.54. The molecule has 0 bridgehead atoms. The van der Waals surface area contributed by atoms with Crippen LogP contribution in [0, 0.1) is 0 Å². The van der Waals surface area contributed by atoms with Crippen LogP contribution in [0.1, 0.15) is 49.1 Å². The molecule has 4 heterocycles. The summed E-state index contributed by atoms with van der Waals surface area (Å²) in [5.41, 5.74) is -0.332. The van der Waals surface area contributed by atoms with Crippen LogP contribution in [0.5, 0.6) is 0 Å². The van der Waals surface area contributed by atoms with E-state index in [9.17, 15) is 18.0 Å². The van der Waals surface area contributed by atoms with Gasteiger partial charge in [0.25, 0.3) is 5.71 Å². The minimum absolute atomic E-state index is 0.0383. The van der Waals surface area contributed by atoms with E-state index in [1.807, 2.05) is 4.57 Å². The van der Waals surface area contributed by atoms with E-state index >= 15 is 0 Å². The summed E-state index contributed by atoms with van der Waals surface area (Å²) in [5, 5.41) is 3.88. The molecule has 1 aliphatic heterocycles. The number of imidazole rings is 1. The SMILES string of the molecule is CCc1cc(C(F)(F)F)c2c([C@H]3CCCN(C(=O)CCn4ccnc4)C3)noc2n1. The fourth-order valence-electron chi connectivity index (χ4n) is 3.94. The lowest BCUT2D eigenvalue weighted by Gasteiger charge is -2.32. The summed E-state index contributed by atoms with van der Waals surface area (Å²) < 4.78 is 48.2. The number of carbonyl (C=O) groups excluding carboxylic acids is 1. The van der Waals surface area contributed by atoms with E-state index in [4.69, 9.17) is 4.52 Å². The Kier molecular flexibility index (Phi) is 5.48. The normalized spacial score (nSPS) is 17.6. The molecule has 1 amide bonds.